The van der Waals surface area contributed by atoms with Gasteiger partial charge in [0.2, 0.25) is 0 Å². The summed E-state index contributed by atoms with van der Waals surface area (Å²) in [5, 5.41) is 23.2. The van der Waals surface area contributed by atoms with Crippen LogP contribution in [0.25, 0.3) is 0 Å². The van der Waals surface area contributed by atoms with E-state index >= 15 is 0 Å². The van der Waals surface area contributed by atoms with Crippen LogP contribution in [0.2, 0.25) is 0 Å². The summed E-state index contributed by atoms with van der Waals surface area (Å²) in [7, 11) is -2.06. The Hall–Kier alpha value is -2.87. The van der Waals surface area contributed by atoms with Crippen molar-refractivity contribution in [2.24, 2.45) is 7.05 Å². The van der Waals surface area contributed by atoms with Crippen LogP contribution in [-0.2, 0) is 30.0 Å². The van der Waals surface area contributed by atoms with Crippen LogP contribution in [0.4, 0.5) is 0 Å². The van der Waals surface area contributed by atoms with Gasteiger partial charge >= 0.3 is 5.69 Å². The molecule has 2 N–H and O–H groups in total. The summed E-state index contributed by atoms with van der Waals surface area (Å²) >= 11 is 0. The highest BCUT2D eigenvalue weighted by Crippen LogP contribution is 1.96. The van der Waals surface area contributed by atoms with Crippen LogP contribution < -0.4 is 16.6 Å². The van der Waals surface area contributed by atoms with Gasteiger partial charge in [0.1, 0.15) is 15.4 Å². The van der Waals surface area contributed by atoms with Crippen LogP contribution in [0, 0.1) is 0 Å². The molecule has 1 amide bonds. The van der Waals surface area contributed by atoms with Gasteiger partial charge < -0.3 is 10.4 Å². The minimum absolute atomic E-state index is 0.114. The zero-order valence-corrected chi connectivity index (χ0v) is 16.4. The van der Waals surface area contributed by atoms with Gasteiger partial charge in [-0.25, -0.2) is 13.2 Å². The number of hydrogen-bond donors (Lipinski definition) is 2. The number of nitrogens with zero attached hydrogens (tertiary/aromatic N) is 6. The lowest BCUT2D eigenvalue weighted by atomic mass is 10.3. The monoisotopic (exact) mass is 415 g/mol. The number of carbonyl (C=O) groups is 1. The first-order chi connectivity index (χ1) is 13.0. The fraction of sp³-hybridized carbons (Fsp3) is 0.571. The van der Waals surface area contributed by atoms with Crippen molar-refractivity contribution in [2.45, 2.75) is 26.1 Å². The standard InChI is InChI=1S/C14H21N7O6S/c1-9(22)6-21-17-11(16-18-21)8-20-7-10(13(24)19(2)14(20)25)12(23)15-4-5-28(3,26)27/h7,9,22H,4-6,8H2,1-3H3,(H,15,23)/t9-/m1/s1. The maximum absolute atomic E-state index is 12.3. The number of aromatic nitrogens is 6. The molecule has 0 saturated carbocycles. The minimum Gasteiger partial charge on any atom is -0.391 e. The van der Waals surface area contributed by atoms with Gasteiger partial charge in [-0.15, -0.1) is 10.2 Å². The molecule has 13 nitrogen and oxygen atoms in total. The molecular formula is C14H21N7O6S. The molecule has 0 bridgehead atoms. The Balaban J connectivity index is 2.26. The average Bonchev–Trinajstić information content (AvgIpc) is 3.00. The van der Waals surface area contributed by atoms with Gasteiger partial charge in [0.05, 0.1) is 24.9 Å². The zero-order valence-electron chi connectivity index (χ0n) is 15.6. The molecule has 0 fully saturated rings. The molecule has 0 aliphatic heterocycles. The van der Waals surface area contributed by atoms with E-state index < -0.39 is 33.1 Å². The second-order valence-corrected chi connectivity index (χ2v) is 8.57. The van der Waals surface area contributed by atoms with Gasteiger partial charge in [-0.2, -0.15) is 4.80 Å². The van der Waals surface area contributed by atoms with Crippen molar-refractivity contribution in [3.63, 3.8) is 0 Å². The Morgan fingerprint density at radius 1 is 1.36 bits per heavy atom. The van der Waals surface area contributed by atoms with E-state index in [2.05, 4.69) is 20.7 Å². The zero-order chi connectivity index (χ0) is 21.1. The molecule has 0 aliphatic carbocycles. The second kappa shape index (κ2) is 8.43. The quantitative estimate of drug-likeness (QED) is 0.449. The highest BCUT2D eigenvalue weighted by atomic mass is 32.2. The third-order valence-electron chi connectivity index (χ3n) is 3.59. The van der Waals surface area contributed by atoms with Gasteiger partial charge in [-0.1, -0.05) is 0 Å². The van der Waals surface area contributed by atoms with Crippen LogP contribution in [0.1, 0.15) is 23.1 Å². The van der Waals surface area contributed by atoms with Crippen LogP contribution in [0.3, 0.4) is 0 Å². The molecule has 0 aliphatic rings. The summed E-state index contributed by atoms with van der Waals surface area (Å²) in [6.45, 7) is 1.34. The van der Waals surface area contributed by atoms with Crippen molar-refractivity contribution in [1.82, 2.24) is 34.7 Å². The van der Waals surface area contributed by atoms with Crippen LogP contribution in [0.15, 0.2) is 15.8 Å². The lowest BCUT2D eigenvalue weighted by Crippen LogP contribution is -2.43. The smallest absolute Gasteiger partial charge is 0.331 e. The van der Waals surface area contributed by atoms with E-state index in [1.54, 1.807) is 6.92 Å². The van der Waals surface area contributed by atoms with Gasteiger partial charge in [0.15, 0.2) is 5.82 Å². The molecule has 14 heteroatoms. The van der Waals surface area contributed by atoms with E-state index in [1.807, 2.05) is 0 Å². The largest absolute Gasteiger partial charge is 0.391 e. The molecule has 0 saturated heterocycles. The van der Waals surface area contributed by atoms with Crippen molar-refractivity contribution in [1.29, 1.82) is 0 Å². The Kier molecular flexibility index (Phi) is 6.45. The molecule has 2 aromatic rings. The molecule has 2 heterocycles. The van der Waals surface area contributed by atoms with Crippen LogP contribution in [-0.4, -0.2) is 73.4 Å². The summed E-state index contributed by atoms with van der Waals surface area (Å²) in [6.07, 6.45) is 1.40. The number of nitrogens with one attached hydrogen (secondary N) is 1. The molecule has 2 aromatic heterocycles. The number of tetrazole rings is 1. The normalized spacial score (nSPS) is 12.7. The second-order valence-electron chi connectivity index (χ2n) is 6.31. The highest BCUT2D eigenvalue weighted by Gasteiger charge is 2.17. The fourth-order valence-corrected chi connectivity index (χ4v) is 2.72. The summed E-state index contributed by atoms with van der Waals surface area (Å²) in [5.74, 6) is -0.941. The van der Waals surface area contributed by atoms with Crippen LogP contribution in [0.5, 0.6) is 0 Å². The lowest BCUT2D eigenvalue weighted by Gasteiger charge is -2.09. The molecule has 2 rings (SSSR count). The first kappa shape index (κ1) is 21.4. The van der Waals surface area contributed by atoms with Crippen molar-refractivity contribution < 1.29 is 18.3 Å². The first-order valence-electron chi connectivity index (χ1n) is 8.19. The van der Waals surface area contributed by atoms with E-state index in [0.29, 0.717) is 0 Å². The predicted octanol–water partition coefficient (Wildman–Crippen LogP) is -3.26. The maximum Gasteiger partial charge on any atom is 0.331 e. The summed E-state index contributed by atoms with van der Waals surface area (Å²) in [6, 6.07) is 0. The lowest BCUT2D eigenvalue weighted by molar-refractivity contribution is 0.0953. The number of carbonyl (C=O) groups excluding carboxylic acids is 1. The van der Waals surface area contributed by atoms with Crippen molar-refractivity contribution in [3.05, 3.63) is 38.4 Å². The Bertz CT molecular complexity index is 1080. The molecule has 0 spiro atoms. The average molecular weight is 415 g/mol. The van der Waals surface area contributed by atoms with E-state index in [0.717, 1.165) is 26.4 Å². The number of sulfone groups is 1. The summed E-state index contributed by atoms with van der Waals surface area (Å²) < 4.78 is 24.1. The van der Waals surface area contributed by atoms with E-state index in [9.17, 15) is 27.9 Å². The summed E-state index contributed by atoms with van der Waals surface area (Å²) in [4.78, 5) is 37.9. The van der Waals surface area contributed by atoms with Gasteiger partial charge in [0.25, 0.3) is 11.5 Å². The number of hydrogen-bond acceptors (Lipinski definition) is 9. The van der Waals surface area contributed by atoms with Gasteiger partial charge in [-0.05, 0) is 12.1 Å². The third kappa shape index (κ3) is 5.56. The summed E-state index contributed by atoms with van der Waals surface area (Å²) in [5.41, 5.74) is -1.83. The Morgan fingerprint density at radius 2 is 2.04 bits per heavy atom. The van der Waals surface area contributed by atoms with E-state index in [-0.39, 0.29) is 36.8 Å². The SMILES string of the molecule is C[C@@H](O)Cn1nnc(Cn2cc(C(=O)NCCS(C)(=O)=O)c(=O)n(C)c2=O)n1. The molecule has 154 valence electrons. The topological polar surface area (TPSA) is 171 Å². The highest BCUT2D eigenvalue weighted by molar-refractivity contribution is 7.90. The Morgan fingerprint density at radius 3 is 2.64 bits per heavy atom. The maximum atomic E-state index is 12.3. The molecule has 0 aromatic carbocycles. The number of amides is 1. The predicted molar refractivity (Wildman–Crippen MR) is 96.6 cm³/mol. The molecular weight excluding hydrogens is 394 g/mol. The van der Waals surface area contributed by atoms with Gasteiger partial charge in [0, 0.05) is 26.0 Å². The van der Waals surface area contributed by atoms with E-state index in [4.69, 9.17) is 0 Å². The van der Waals surface area contributed by atoms with Gasteiger partial charge in [-0.3, -0.25) is 18.7 Å². The minimum atomic E-state index is -3.28. The molecule has 28 heavy (non-hydrogen) atoms. The number of aliphatic hydroxyl groups is 1. The first-order valence-corrected chi connectivity index (χ1v) is 10.2. The molecule has 0 unspecified atom stereocenters. The van der Waals surface area contributed by atoms with Crippen molar-refractivity contribution in [2.75, 3.05) is 18.6 Å². The third-order valence-corrected chi connectivity index (χ3v) is 4.53. The molecule has 1 atom stereocenters. The molecule has 0 radical (unpaired) electrons. The number of rotatable bonds is 8. The van der Waals surface area contributed by atoms with Crippen molar-refractivity contribution >= 4 is 15.7 Å². The number of aliphatic hydroxyl groups excluding tert-OH is 1. The fourth-order valence-electron chi connectivity index (χ4n) is 2.25. The van der Waals surface area contributed by atoms with Crippen LogP contribution >= 0.6 is 0 Å². The Labute approximate surface area is 159 Å². The van der Waals surface area contributed by atoms with E-state index in [1.165, 1.54) is 7.05 Å². The van der Waals surface area contributed by atoms with Crippen molar-refractivity contribution in [3.8, 4) is 0 Å².